The number of ether oxygens (including phenoxy) is 1. The van der Waals surface area contributed by atoms with Gasteiger partial charge in [0, 0.05) is 11.0 Å². The lowest BCUT2D eigenvalue weighted by Gasteiger charge is -2.20. The summed E-state index contributed by atoms with van der Waals surface area (Å²) < 4.78 is 6.10. The summed E-state index contributed by atoms with van der Waals surface area (Å²) in [5.74, 6) is -0.255. The topological polar surface area (TPSA) is 29.5 Å². The van der Waals surface area contributed by atoms with Crippen molar-refractivity contribution in [2.75, 3.05) is 26.2 Å². The first kappa shape index (κ1) is 20.4. The molecule has 0 unspecified atom stereocenters. The van der Waals surface area contributed by atoms with Crippen molar-refractivity contribution in [2.24, 2.45) is 0 Å². The molecule has 5 heteroatoms. The van der Waals surface area contributed by atoms with Crippen molar-refractivity contribution < 1.29 is 9.53 Å². The summed E-state index contributed by atoms with van der Waals surface area (Å²) in [6.07, 6.45) is 3.21. The molecule has 120 valence electrons. The summed E-state index contributed by atoms with van der Waals surface area (Å²) in [7, 11) is 0. The number of carbonyl (C=O) groups is 1. The second-order valence-corrected chi connectivity index (χ2v) is 5.67. The van der Waals surface area contributed by atoms with Crippen LogP contribution in [0.2, 0.25) is 0 Å². The van der Waals surface area contributed by atoms with Gasteiger partial charge in [-0.2, -0.15) is 0 Å². The smallest absolute Gasteiger partial charge is 0.339 e. The van der Waals surface area contributed by atoms with E-state index in [2.05, 4.69) is 34.7 Å². The first-order chi connectivity index (χ1) is 9.69. The van der Waals surface area contributed by atoms with Gasteiger partial charge in [-0.1, -0.05) is 26.0 Å². The molecule has 3 nitrogen and oxygen atoms in total. The van der Waals surface area contributed by atoms with E-state index in [9.17, 15) is 4.79 Å². The Balaban J connectivity index is 0.00000400. The van der Waals surface area contributed by atoms with Gasteiger partial charge >= 0.3 is 5.97 Å². The molecule has 0 heterocycles. The number of hydrogen-bond donors (Lipinski definition) is 0. The molecular formula is C16H25BrClNO2. The Morgan fingerprint density at radius 3 is 2.33 bits per heavy atom. The van der Waals surface area contributed by atoms with E-state index < -0.39 is 0 Å². The van der Waals surface area contributed by atoms with Gasteiger partial charge in [-0.25, -0.2) is 4.79 Å². The van der Waals surface area contributed by atoms with E-state index in [1.807, 2.05) is 18.2 Å². The second-order valence-electron chi connectivity index (χ2n) is 4.81. The summed E-state index contributed by atoms with van der Waals surface area (Å²) in [6, 6.07) is 7.34. The van der Waals surface area contributed by atoms with Crippen molar-refractivity contribution in [3.63, 3.8) is 0 Å². The summed E-state index contributed by atoms with van der Waals surface area (Å²) in [5, 5.41) is 0. The van der Waals surface area contributed by atoms with Gasteiger partial charge in [0.05, 0.1) is 12.2 Å². The lowest BCUT2D eigenvalue weighted by atomic mass is 10.2. The van der Waals surface area contributed by atoms with E-state index in [0.717, 1.165) is 43.4 Å². The van der Waals surface area contributed by atoms with E-state index in [1.165, 1.54) is 0 Å². The SMILES string of the molecule is CCCN(CCC)CCCOC(=O)c1ccccc1Br.Cl. The normalized spacial score (nSPS) is 10.3. The maximum absolute atomic E-state index is 11.9. The molecule has 1 aromatic carbocycles. The van der Waals surface area contributed by atoms with Crippen LogP contribution in [0.3, 0.4) is 0 Å². The minimum absolute atomic E-state index is 0. The van der Waals surface area contributed by atoms with Gasteiger partial charge in [-0.05, 0) is 60.4 Å². The molecule has 0 N–H and O–H groups in total. The highest BCUT2D eigenvalue weighted by molar-refractivity contribution is 9.10. The maximum atomic E-state index is 11.9. The second kappa shape index (κ2) is 12.0. The molecule has 0 saturated heterocycles. The van der Waals surface area contributed by atoms with Gasteiger partial charge in [0.15, 0.2) is 0 Å². The third kappa shape index (κ3) is 7.84. The Morgan fingerprint density at radius 2 is 1.76 bits per heavy atom. The fraction of sp³-hybridized carbons (Fsp3) is 0.562. The van der Waals surface area contributed by atoms with Gasteiger partial charge in [0.2, 0.25) is 0 Å². The van der Waals surface area contributed by atoms with Crippen molar-refractivity contribution in [3.05, 3.63) is 34.3 Å². The largest absolute Gasteiger partial charge is 0.462 e. The molecule has 0 spiro atoms. The van der Waals surface area contributed by atoms with Gasteiger partial charge in [-0.3, -0.25) is 0 Å². The Morgan fingerprint density at radius 1 is 1.14 bits per heavy atom. The molecule has 1 rings (SSSR count). The molecule has 21 heavy (non-hydrogen) atoms. The Labute approximate surface area is 142 Å². The van der Waals surface area contributed by atoms with Gasteiger partial charge in [-0.15, -0.1) is 12.4 Å². The van der Waals surface area contributed by atoms with E-state index in [-0.39, 0.29) is 18.4 Å². The van der Waals surface area contributed by atoms with E-state index in [1.54, 1.807) is 6.07 Å². The van der Waals surface area contributed by atoms with Crippen LogP contribution in [0.15, 0.2) is 28.7 Å². The number of hydrogen-bond acceptors (Lipinski definition) is 3. The molecule has 0 bridgehead atoms. The highest BCUT2D eigenvalue weighted by Crippen LogP contribution is 2.16. The average molecular weight is 379 g/mol. The predicted octanol–water partition coefficient (Wildman–Crippen LogP) is 4.54. The lowest BCUT2D eigenvalue weighted by molar-refractivity contribution is 0.0487. The van der Waals surface area contributed by atoms with Crippen LogP contribution in [0, 0.1) is 0 Å². The monoisotopic (exact) mass is 377 g/mol. The van der Waals surface area contributed by atoms with Crippen molar-refractivity contribution in [1.29, 1.82) is 0 Å². The summed E-state index contributed by atoms with van der Waals surface area (Å²) in [6.45, 7) is 8.08. The molecular weight excluding hydrogens is 354 g/mol. The number of halogens is 2. The van der Waals surface area contributed by atoms with Crippen LogP contribution in [0.1, 0.15) is 43.5 Å². The van der Waals surface area contributed by atoms with Crippen molar-refractivity contribution in [2.45, 2.75) is 33.1 Å². The minimum atomic E-state index is -0.255. The first-order valence-corrected chi connectivity index (χ1v) is 8.12. The molecule has 0 saturated carbocycles. The molecule has 0 aliphatic rings. The summed E-state index contributed by atoms with van der Waals surface area (Å²) >= 11 is 3.36. The quantitative estimate of drug-likeness (QED) is 0.467. The summed E-state index contributed by atoms with van der Waals surface area (Å²) in [4.78, 5) is 14.3. The van der Waals surface area contributed by atoms with Gasteiger partial charge in [0.1, 0.15) is 0 Å². The van der Waals surface area contributed by atoms with Crippen LogP contribution in [-0.4, -0.2) is 37.1 Å². The first-order valence-electron chi connectivity index (χ1n) is 7.33. The van der Waals surface area contributed by atoms with Crippen molar-refractivity contribution >= 4 is 34.3 Å². The van der Waals surface area contributed by atoms with Crippen LogP contribution in [-0.2, 0) is 4.74 Å². The zero-order valence-electron chi connectivity index (χ0n) is 12.8. The predicted molar refractivity (Wildman–Crippen MR) is 93.3 cm³/mol. The van der Waals surface area contributed by atoms with E-state index in [0.29, 0.717) is 12.2 Å². The molecule has 0 aromatic heterocycles. The lowest BCUT2D eigenvalue weighted by Crippen LogP contribution is -2.27. The van der Waals surface area contributed by atoms with Crippen LogP contribution in [0.4, 0.5) is 0 Å². The van der Waals surface area contributed by atoms with Crippen molar-refractivity contribution in [3.8, 4) is 0 Å². The Kier molecular flexibility index (Phi) is 11.7. The molecule has 1 aromatic rings. The van der Waals surface area contributed by atoms with Gasteiger partial charge in [0.25, 0.3) is 0 Å². The number of rotatable bonds is 9. The number of esters is 1. The molecule has 0 fully saturated rings. The van der Waals surface area contributed by atoms with E-state index in [4.69, 9.17) is 4.74 Å². The molecule has 0 aliphatic carbocycles. The molecule has 0 atom stereocenters. The third-order valence-corrected chi connectivity index (χ3v) is 3.72. The van der Waals surface area contributed by atoms with Crippen LogP contribution in [0.5, 0.6) is 0 Å². The zero-order valence-corrected chi connectivity index (χ0v) is 15.2. The number of carbonyl (C=O) groups excluding carboxylic acids is 1. The maximum Gasteiger partial charge on any atom is 0.339 e. The molecule has 0 amide bonds. The minimum Gasteiger partial charge on any atom is -0.462 e. The molecule has 0 radical (unpaired) electrons. The van der Waals surface area contributed by atoms with Crippen LogP contribution in [0.25, 0.3) is 0 Å². The highest BCUT2D eigenvalue weighted by Gasteiger charge is 2.10. The Hall–Kier alpha value is -0.580. The highest BCUT2D eigenvalue weighted by atomic mass is 79.9. The van der Waals surface area contributed by atoms with E-state index >= 15 is 0 Å². The zero-order chi connectivity index (χ0) is 14.8. The fourth-order valence-corrected chi connectivity index (χ4v) is 2.57. The summed E-state index contributed by atoms with van der Waals surface area (Å²) in [5.41, 5.74) is 0.589. The number of benzene rings is 1. The fourth-order valence-electron chi connectivity index (χ4n) is 2.13. The standard InChI is InChI=1S/C16H24BrNO2.ClH/c1-3-10-18(11-4-2)12-7-13-20-16(19)14-8-5-6-9-15(14)17;/h5-6,8-9H,3-4,7,10-13H2,1-2H3;1H. The van der Waals surface area contributed by atoms with Crippen LogP contribution < -0.4 is 0 Å². The van der Waals surface area contributed by atoms with Gasteiger partial charge < -0.3 is 9.64 Å². The average Bonchev–Trinajstić information content (AvgIpc) is 2.44. The third-order valence-electron chi connectivity index (χ3n) is 3.03. The van der Waals surface area contributed by atoms with Crippen LogP contribution >= 0.6 is 28.3 Å². The Bertz CT molecular complexity index is 409. The number of nitrogens with zero attached hydrogens (tertiary/aromatic N) is 1. The molecule has 0 aliphatic heterocycles. The van der Waals surface area contributed by atoms with Crippen molar-refractivity contribution in [1.82, 2.24) is 4.90 Å².